The first kappa shape index (κ1) is 13.0. The maximum absolute atomic E-state index is 11.2. The van der Waals surface area contributed by atoms with Crippen LogP contribution < -0.4 is 11.3 Å². The molecule has 1 aromatic heterocycles. The molecule has 1 aromatic carbocycles. The lowest BCUT2D eigenvalue weighted by Gasteiger charge is -2.02. The largest absolute Gasteiger partial charge is 0.290 e. The van der Waals surface area contributed by atoms with Gasteiger partial charge in [-0.2, -0.15) is 4.37 Å². The van der Waals surface area contributed by atoms with Gasteiger partial charge in [0, 0.05) is 11.3 Å². The van der Waals surface area contributed by atoms with E-state index in [1.165, 1.54) is 11.5 Å². The Bertz CT molecular complexity index is 538. The van der Waals surface area contributed by atoms with E-state index in [-0.39, 0.29) is 5.91 Å². The number of hydrogen-bond acceptors (Lipinski definition) is 6. The van der Waals surface area contributed by atoms with Crippen LogP contribution >= 0.6 is 23.3 Å². The van der Waals surface area contributed by atoms with Crippen molar-refractivity contribution >= 4 is 29.2 Å². The number of thioether (sulfide) groups is 1. The molecule has 94 valence electrons. The first-order valence-electron chi connectivity index (χ1n) is 5.22. The van der Waals surface area contributed by atoms with Gasteiger partial charge in [-0.25, -0.2) is 10.8 Å². The summed E-state index contributed by atoms with van der Waals surface area (Å²) >= 11 is 3.04. The Balaban J connectivity index is 1.96. The molecule has 0 radical (unpaired) electrons. The second kappa shape index (κ2) is 5.94. The highest BCUT2D eigenvalue weighted by molar-refractivity contribution is 8.00. The Morgan fingerprint density at radius 1 is 1.44 bits per heavy atom. The topological polar surface area (TPSA) is 80.9 Å². The van der Waals surface area contributed by atoms with Gasteiger partial charge in [-0.05, 0) is 36.2 Å². The number of nitrogens with zero attached hydrogens (tertiary/aromatic N) is 2. The van der Waals surface area contributed by atoms with Crippen molar-refractivity contribution in [1.29, 1.82) is 0 Å². The summed E-state index contributed by atoms with van der Waals surface area (Å²) in [5, 5.41) is 0. The van der Waals surface area contributed by atoms with E-state index < -0.39 is 0 Å². The van der Waals surface area contributed by atoms with Crippen molar-refractivity contribution in [3.63, 3.8) is 0 Å². The highest BCUT2D eigenvalue weighted by atomic mass is 32.2. The summed E-state index contributed by atoms with van der Waals surface area (Å²) < 4.78 is 5.08. The van der Waals surface area contributed by atoms with Crippen molar-refractivity contribution < 1.29 is 4.79 Å². The van der Waals surface area contributed by atoms with Gasteiger partial charge in [-0.15, -0.1) is 0 Å². The van der Waals surface area contributed by atoms with Gasteiger partial charge in [-0.1, -0.05) is 23.9 Å². The Morgan fingerprint density at radius 2 is 2.17 bits per heavy atom. The molecule has 2 aromatic rings. The van der Waals surface area contributed by atoms with Crippen molar-refractivity contribution in [3.05, 3.63) is 41.2 Å². The number of aromatic nitrogens is 2. The lowest BCUT2D eigenvalue weighted by molar-refractivity contribution is 0.0953. The molecule has 0 aliphatic carbocycles. The SMILES string of the molecule is Cc1nsc(SCc2ccc(C(=O)NN)cc2)n1. The van der Waals surface area contributed by atoms with Crippen LogP contribution in [0.5, 0.6) is 0 Å². The molecule has 0 aliphatic heterocycles. The monoisotopic (exact) mass is 280 g/mol. The summed E-state index contributed by atoms with van der Waals surface area (Å²) in [6.45, 7) is 1.88. The maximum atomic E-state index is 11.2. The fourth-order valence-corrected chi connectivity index (χ4v) is 2.92. The molecule has 0 atom stereocenters. The molecule has 0 saturated heterocycles. The lowest BCUT2D eigenvalue weighted by Crippen LogP contribution is -2.29. The molecule has 0 saturated carbocycles. The van der Waals surface area contributed by atoms with E-state index in [9.17, 15) is 4.79 Å². The van der Waals surface area contributed by atoms with Gasteiger partial charge >= 0.3 is 0 Å². The number of benzene rings is 1. The third-order valence-electron chi connectivity index (χ3n) is 2.22. The number of aryl methyl sites for hydroxylation is 1. The average Bonchev–Trinajstić information content (AvgIpc) is 2.82. The van der Waals surface area contributed by atoms with Gasteiger partial charge in [0.25, 0.3) is 5.91 Å². The predicted molar refractivity (Wildman–Crippen MR) is 72.3 cm³/mol. The van der Waals surface area contributed by atoms with E-state index in [0.717, 1.165) is 21.5 Å². The molecule has 0 aliphatic rings. The summed E-state index contributed by atoms with van der Waals surface area (Å²) in [6.07, 6.45) is 0. The van der Waals surface area contributed by atoms with Crippen LogP contribution in [0.3, 0.4) is 0 Å². The second-order valence-electron chi connectivity index (χ2n) is 3.57. The molecule has 18 heavy (non-hydrogen) atoms. The van der Waals surface area contributed by atoms with E-state index in [2.05, 4.69) is 14.8 Å². The van der Waals surface area contributed by atoms with E-state index in [1.807, 2.05) is 19.1 Å². The summed E-state index contributed by atoms with van der Waals surface area (Å²) in [4.78, 5) is 15.5. The van der Waals surface area contributed by atoms with Crippen LogP contribution in [-0.2, 0) is 5.75 Å². The quantitative estimate of drug-likeness (QED) is 0.386. The van der Waals surface area contributed by atoms with Crippen molar-refractivity contribution in [1.82, 2.24) is 14.8 Å². The number of nitrogens with one attached hydrogen (secondary N) is 1. The highest BCUT2D eigenvalue weighted by Gasteiger charge is 2.04. The van der Waals surface area contributed by atoms with Gasteiger partial charge in [0.2, 0.25) is 0 Å². The molecule has 1 heterocycles. The number of amides is 1. The van der Waals surface area contributed by atoms with Gasteiger partial charge in [0.1, 0.15) is 5.82 Å². The molecular formula is C11H12N4OS2. The Hall–Kier alpha value is -1.44. The Kier molecular flexibility index (Phi) is 4.29. The second-order valence-corrected chi connectivity index (χ2v) is 5.54. The van der Waals surface area contributed by atoms with Gasteiger partial charge in [0.05, 0.1) is 0 Å². The standard InChI is InChI=1S/C11H12N4OS2/c1-7-13-11(18-15-7)17-6-8-2-4-9(5-3-8)10(16)14-12/h2-5H,6,12H2,1H3,(H,14,16). The molecule has 0 bridgehead atoms. The Morgan fingerprint density at radius 3 is 2.72 bits per heavy atom. The normalized spacial score (nSPS) is 10.3. The molecule has 0 unspecified atom stereocenters. The highest BCUT2D eigenvalue weighted by Crippen LogP contribution is 2.24. The van der Waals surface area contributed by atoms with Crippen LogP contribution in [-0.4, -0.2) is 15.3 Å². The van der Waals surface area contributed by atoms with Crippen molar-refractivity contribution in [2.45, 2.75) is 17.0 Å². The summed E-state index contributed by atoms with van der Waals surface area (Å²) in [7, 11) is 0. The third kappa shape index (κ3) is 3.28. The van der Waals surface area contributed by atoms with Crippen molar-refractivity contribution in [2.75, 3.05) is 0 Å². The van der Waals surface area contributed by atoms with Crippen LogP contribution in [0, 0.1) is 6.92 Å². The summed E-state index contributed by atoms with van der Waals surface area (Å²) in [5.74, 6) is 6.39. The maximum Gasteiger partial charge on any atom is 0.265 e. The van der Waals surface area contributed by atoms with Crippen LogP contribution in [0.25, 0.3) is 0 Å². The molecule has 3 N–H and O–H groups in total. The van der Waals surface area contributed by atoms with Crippen molar-refractivity contribution in [2.24, 2.45) is 5.84 Å². The van der Waals surface area contributed by atoms with Crippen LogP contribution in [0.4, 0.5) is 0 Å². The summed E-state index contributed by atoms with van der Waals surface area (Å²) in [5.41, 5.74) is 3.78. The number of carbonyl (C=O) groups excluding carboxylic acids is 1. The molecular weight excluding hydrogens is 268 g/mol. The summed E-state index contributed by atoms with van der Waals surface area (Å²) in [6, 6.07) is 7.32. The molecule has 0 spiro atoms. The number of carbonyl (C=O) groups is 1. The van der Waals surface area contributed by atoms with Crippen molar-refractivity contribution in [3.8, 4) is 0 Å². The molecule has 2 rings (SSSR count). The van der Waals surface area contributed by atoms with Gasteiger partial charge in [-0.3, -0.25) is 10.2 Å². The molecule has 0 fully saturated rings. The van der Waals surface area contributed by atoms with Crippen LogP contribution in [0.1, 0.15) is 21.7 Å². The fourth-order valence-electron chi connectivity index (χ4n) is 1.32. The number of nitrogen functional groups attached to an aromatic ring is 1. The van der Waals surface area contributed by atoms with Gasteiger partial charge in [0.15, 0.2) is 4.34 Å². The zero-order chi connectivity index (χ0) is 13.0. The zero-order valence-electron chi connectivity index (χ0n) is 9.71. The van der Waals surface area contributed by atoms with Crippen LogP contribution in [0.15, 0.2) is 28.6 Å². The smallest absolute Gasteiger partial charge is 0.265 e. The van der Waals surface area contributed by atoms with E-state index in [4.69, 9.17) is 5.84 Å². The molecule has 1 amide bonds. The minimum absolute atomic E-state index is 0.283. The van der Waals surface area contributed by atoms with E-state index >= 15 is 0 Å². The molecule has 5 nitrogen and oxygen atoms in total. The first-order chi connectivity index (χ1) is 8.69. The minimum Gasteiger partial charge on any atom is -0.290 e. The zero-order valence-corrected chi connectivity index (χ0v) is 11.3. The number of rotatable bonds is 4. The third-order valence-corrected chi connectivity index (χ3v) is 4.21. The predicted octanol–water partition coefficient (Wildman–Crippen LogP) is 1.74. The van der Waals surface area contributed by atoms with E-state index in [0.29, 0.717) is 5.56 Å². The van der Waals surface area contributed by atoms with Crippen LogP contribution in [0.2, 0.25) is 0 Å². The Labute approximate surface area is 113 Å². The van der Waals surface area contributed by atoms with Gasteiger partial charge < -0.3 is 0 Å². The fraction of sp³-hybridized carbons (Fsp3) is 0.182. The van der Waals surface area contributed by atoms with E-state index in [1.54, 1.807) is 23.9 Å². The lowest BCUT2D eigenvalue weighted by atomic mass is 10.1. The molecule has 7 heteroatoms. The minimum atomic E-state index is -0.283. The number of nitrogens with two attached hydrogens (primary N) is 1. The number of hydrazine groups is 1. The first-order valence-corrected chi connectivity index (χ1v) is 6.98. The number of hydrogen-bond donors (Lipinski definition) is 2. The average molecular weight is 280 g/mol.